The molecule has 0 spiro atoms. The molecule has 2 aromatic carbocycles. The van der Waals surface area contributed by atoms with E-state index in [1.807, 2.05) is 25.1 Å². The third-order valence-electron chi connectivity index (χ3n) is 5.43. The van der Waals surface area contributed by atoms with Gasteiger partial charge in [-0.3, -0.25) is 14.6 Å². The minimum Gasteiger partial charge on any atom is -0.497 e. The van der Waals surface area contributed by atoms with Crippen LogP contribution in [0.25, 0.3) is 0 Å². The van der Waals surface area contributed by atoms with Crippen LogP contribution in [0.15, 0.2) is 36.4 Å². The molecule has 0 unspecified atom stereocenters. The largest absolute Gasteiger partial charge is 0.497 e. The number of rotatable bonds is 7. The topological polar surface area (TPSA) is 54.0 Å². The van der Waals surface area contributed by atoms with Gasteiger partial charge < -0.3 is 14.8 Å². The zero-order chi connectivity index (χ0) is 21.7. The molecule has 0 bridgehead atoms. The number of methoxy groups -OCH3 is 2. The Balaban J connectivity index is 1.56. The van der Waals surface area contributed by atoms with Gasteiger partial charge in [0, 0.05) is 38.3 Å². The lowest BCUT2D eigenvalue weighted by Crippen LogP contribution is -2.52. The summed E-state index contributed by atoms with van der Waals surface area (Å²) in [5.41, 5.74) is 1.62. The van der Waals surface area contributed by atoms with Crippen molar-refractivity contribution >= 4 is 34.8 Å². The monoisotopic (exact) mass is 451 g/mol. The zero-order valence-corrected chi connectivity index (χ0v) is 19.0. The first-order valence-corrected chi connectivity index (χ1v) is 10.6. The quantitative estimate of drug-likeness (QED) is 0.684. The van der Waals surface area contributed by atoms with Gasteiger partial charge in [0.1, 0.15) is 11.5 Å². The van der Waals surface area contributed by atoms with Crippen molar-refractivity contribution in [1.29, 1.82) is 0 Å². The van der Waals surface area contributed by atoms with Crippen molar-refractivity contribution in [2.45, 2.75) is 19.5 Å². The third-order valence-corrected chi connectivity index (χ3v) is 6.24. The highest BCUT2D eigenvalue weighted by molar-refractivity contribution is 6.44. The average molecular weight is 452 g/mol. The van der Waals surface area contributed by atoms with E-state index in [4.69, 9.17) is 32.7 Å². The van der Waals surface area contributed by atoms with Gasteiger partial charge in [0.2, 0.25) is 5.91 Å². The molecule has 0 saturated carbocycles. The lowest BCUT2D eigenvalue weighted by atomic mass is 10.1. The number of hydrogen-bond donors (Lipinski definition) is 1. The molecule has 30 heavy (non-hydrogen) atoms. The Morgan fingerprint density at radius 1 is 1.10 bits per heavy atom. The fourth-order valence-corrected chi connectivity index (χ4v) is 3.91. The first kappa shape index (κ1) is 22.7. The molecule has 1 atom stereocenters. The fourth-order valence-electron chi connectivity index (χ4n) is 3.56. The van der Waals surface area contributed by atoms with Gasteiger partial charge in [-0.05, 0) is 37.3 Å². The number of nitrogens with one attached hydrogen (secondary N) is 1. The predicted octanol–water partition coefficient (Wildman–Crippen LogP) is 4.16. The van der Waals surface area contributed by atoms with Gasteiger partial charge in [0.05, 0.1) is 36.0 Å². The van der Waals surface area contributed by atoms with E-state index in [2.05, 4.69) is 15.1 Å². The van der Waals surface area contributed by atoms with Gasteiger partial charge in [-0.2, -0.15) is 0 Å². The van der Waals surface area contributed by atoms with E-state index in [1.54, 1.807) is 32.4 Å². The van der Waals surface area contributed by atoms with Crippen molar-refractivity contribution in [3.8, 4) is 11.5 Å². The Hall–Kier alpha value is -1.99. The molecule has 2 aromatic rings. The number of piperazine rings is 1. The van der Waals surface area contributed by atoms with E-state index in [1.165, 1.54) is 0 Å². The van der Waals surface area contributed by atoms with Gasteiger partial charge in [0.15, 0.2) is 0 Å². The SMILES string of the molecule is COc1ccc(OC)c(CN2CCN([C@H](C)C(=O)Nc3cccc(Cl)c3Cl)CC2)c1. The van der Waals surface area contributed by atoms with E-state index in [0.717, 1.165) is 49.8 Å². The molecule has 0 radical (unpaired) electrons. The lowest BCUT2D eigenvalue weighted by molar-refractivity contribution is -0.121. The molecule has 1 aliphatic rings. The molecule has 1 N–H and O–H groups in total. The highest BCUT2D eigenvalue weighted by atomic mass is 35.5. The molecule has 6 nitrogen and oxygen atoms in total. The Bertz CT molecular complexity index is 886. The summed E-state index contributed by atoms with van der Waals surface area (Å²) in [5.74, 6) is 1.57. The molecule has 1 aliphatic heterocycles. The molecule has 3 rings (SSSR count). The number of benzene rings is 2. The average Bonchev–Trinajstić information content (AvgIpc) is 2.76. The van der Waals surface area contributed by atoms with Crippen LogP contribution in [0.1, 0.15) is 12.5 Å². The Kier molecular flexibility index (Phi) is 7.83. The Morgan fingerprint density at radius 2 is 1.83 bits per heavy atom. The summed E-state index contributed by atoms with van der Waals surface area (Å²) in [6.07, 6.45) is 0. The van der Waals surface area contributed by atoms with Crippen molar-refractivity contribution in [2.75, 3.05) is 45.7 Å². The number of ether oxygens (including phenoxy) is 2. The molecule has 8 heteroatoms. The van der Waals surface area contributed by atoms with Crippen LogP contribution >= 0.6 is 23.2 Å². The predicted molar refractivity (Wildman–Crippen MR) is 121 cm³/mol. The first-order chi connectivity index (χ1) is 14.4. The number of halogens is 2. The number of anilines is 1. The molecule has 162 valence electrons. The normalized spacial score (nSPS) is 16.2. The van der Waals surface area contributed by atoms with Crippen molar-refractivity contribution in [3.63, 3.8) is 0 Å². The van der Waals surface area contributed by atoms with Gasteiger partial charge in [-0.1, -0.05) is 29.3 Å². The number of hydrogen-bond acceptors (Lipinski definition) is 5. The maximum absolute atomic E-state index is 12.7. The van der Waals surface area contributed by atoms with Crippen molar-refractivity contribution in [2.24, 2.45) is 0 Å². The van der Waals surface area contributed by atoms with Gasteiger partial charge >= 0.3 is 0 Å². The van der Waals surface area contributed by atoms with Gasteiger partial charge in [-0.25, -0.2) is 0 Å². The fraction of sp³-hybridized carbons (Fsp3) is 0.409. The summed E-state index contributed by atoms with van der Waals surface area (Å²) in [7, 11) is 3.34. The number of carbonyl (C=O) groups excluding carboxylic acids is 1. The first-order valence-electron chi connectivity index (χ1n) is 9.85. The minimum absolute atomic E-state index is 0.0953. The van der Waals surface area contributed by atoms with Crippen LogP contribution in [-0.2, 0) is 11.3 Å². The molecule has 1 heterocycles. The van der Waals surface area contributed by atoms with Crippen LogP contribution in [0, 0.1) is 0 Å². The Morgan fingerprint density at radius 3 is 2.50 bits per heavy atom. The summed E-state index contributed by atoms with van der Waals surface area (Å²) >= 11 is 12.2. The second-order valence-corrected chi connectivity index (χ2v) is 8.04. The molecule has 1 saturated heterocycles. The lowest BCUT2D eigenvalue weighted by Gasteiger charge is -2.37. The van der Waals surface area contributed by atoms with E-state index >= 15 is 0 Å². The summed E-state index contributed by atoms with van der Waals surface area (Å²) in [6, 6.07) is 10.8. The van der Waals surface area contributed by atoms with E-state index in [9.17, 15) is 4.79 Å². The van der Waals surface area contributed by atoms with Crippen LogP contribution < -0.4 is 14.8 Å². The molecule has 1 fully saturated rings. The number of amides is 1. The minimum atomic E-state index is -0.270. The van der Waals surface area contributed by atoms with Crippen molar-refractivity contribution in [3.05, 3.63) is 52.0 Å². The molecular formula is C22H27Cl2N3O3. The maximum Gasteiger partial charge on any atom is 0.241 e. The van der Waals surface area contributed by atoms with Crippen LogP contribution in [0.4, 0.5) is 5.69 Å². The smallest absolute Gasteiger partial charge is 0.241 e. The van der Waals surface area contributed by atoms with E-state index < -0.39 is 0 Å². The molecule has 0 aromatic heterocycles. The number of carbonyl (C=O) groups is 1. The summed E-state index contributed by atoms with van der Waals surface area (Å²) in [4.78, 5) is 17.2. The van der Waals surface area contributed by atoms with Crippen molar-refractivity contribution < 1.29 is 14.3 Å². The molecule has 1 amide bonds. The Labute approximate surface area is 187 Å². The van der Waals surface area contributed by atoms with Crippen LogP contribution in [0.5, 0.6) is 11.5 Å². The highest BCUT2D eigenvalue weighted by Gasteiger charge is 2.26. The summed E-state index contributed by atoms with van der Waals surface area (Å²) < 4.78 is 10.8. The van der Waals surface area contributed by atoms with Gasteiger partial charge in [0.25, 0.3) is 0 Å². The number of nitrogens with zero attached hydrogens (tertiary/aromatic N) is 2. The molecule has 0 aliphatic carbocycles. The van der Waals surface area contributed by atoms with E-state index in [0.29, 0.717) is 15.7 Å². The zero-order valence-electron chi connectivity index (χ0n) is 17.5. The molecular weight excluding hydrogens is 425 g/mol. The second kappa shape index (κ2) is 10.4. The van der Waals surface area contributed by atoms with E-state index in [-0.39, 0.29) is 11.9 Å². The maximum atomic E-state index is 12.7. The van der Waals surface area contributed by atoms with Crippen molar-refractivity contribution in [1.82, 2.24) is 9.80 Å². The second-order valence-electron chi connectivity index (χ2n) is 7.26. The summed E-state index contributed by atoms with van der Waals surface area (Å²) in [6.45, 7) is 5.99. The van der Waals surface area contributed by atoms with Crippen LogP contribution in [0.2, 0.25) is 10.0 Å². The standard InChI is InChI=1S/C22H27Cl2N3O3/c1-15(22(28)25-19-6-4-5-18(23)21(19)24)27-11-9-26(10-12-27)14-16-13-17(29-2)7-8-20(16)30-3/h4-8,13,15H,9-12,14H2,1-3H3,(H,25,28)/t15-/m1/s1. The van der Waals surface area contributed by atoms with Crippen LogP contribution in [-0.4, -0.2) is 62.1 Å². The van der Waals surface area contributed by atoms with Gasteiger partial charge in [-0.15, -0.1) is 0 Å². The summed E-state index contributed by atoms with van der Waals surface area (Å²) in [5, 5.41) is 3.66. The highest BCUT2D eigenvalue weighted by Crippen LogP contribution is 2.30. The van der Waals surface area contributed by atoms with Crippen LogP contribution in [0.3, 0.4) is 0 Å². The third kappa shape index (κ3) is 5.38.